The SMILES string of the molecule is CC1CCN(C2CCC(C(=O)O)C(C)(C)C2C)CC1. The molecular formula is C16H29NO2. The normalized spacial score (nSPS) is 37.2. The predicted octanol–water partition coefficient (Wildman–Crippen LogP) is 3.24. The van der Waals surface area contributed by atoms with E-state index in [4.69, 9.17) is 0 Å². The number of piperidine rings is 1. The van der Waals surface area contributed by atoms with Crippen molar-refractivity contribution in [2.45, 2.75) is 59.4 Å². The zero-order chi connectivity index (χ0) is 14.2. The van der Waals surface area contributed by atoms with E-state index in [0.717, 1.165) is 18.8 Å². The molecular weight excluding hydrogens is 238 g/mol. The highest BCUT2D eigenvalue weighted by molar-refractivity contribution is 5.71. The maximum atomic E-state index is 11.4. The van der Waals surface area contributed by atoms with Gasteiger partial charge in [-0.15, -0.1) is 0 Å². The second kappa shape index (κ2) is 5.43. The molecule has 3 unspecified atom stereocenters. The van der Waals surface area contributed by atoms with E-state index in [0.29, 0.717) is 12.0 Å². The van der Waals surface area contributed by atoms with Gasteiger partial charge in [0.05, 0.1) is 5.92 Å². The van der Waals surface area contributed by atoms with Crippen molar-refractivity contribution in [2.24, 2.45) is 23.2 Å². The average Bonchev–Trinajstić information content (AvgIpc) is 2.33. The number of carboxylic acids is 1. The number of hydrogen-bond donors (Lipinski definition) is 1. The van der Waals surface area contributed by atoms with Crippen molar-refractivity contribution < 1.29 is 9.90 Å². The van der Waals surface area contributed by atoms with Gasteiger partial charge in [0.15, 0.2) is 0 Å². The molecule has 0 bridgehead atoms. The fourth-order valence-corrected chi connectivity index (χ4v) is 4.07. The molecule has 2 fully saturated rings. The highest BCUT2D eigenvalue weighted by Crippen LogP contribution is 2.47. The van der Waals surface area contributed by atoms with Crippen molar-refractivity contribution in [2.75, 3.05) is 13.1 Å². The van der Waals surface area contributed by atoms with Crippen molar-refractivity contribution in [1.82, 2.24) is 4.90 Å². The molecule has 1 aliphatic carbocycles. The first-order chi connectivity index (χ1) is 8.84. The number of likely N-dealkylation sites (tertiary alicyclic amines) is 1. The predicted molar refractivity (Wildman–Crippen MR) is 77.1 cm³/mol. The van der Waals surface area contributed by atoms with Crippen LogP contribution >= 0.6 is 0 Å². The Hall–Kier alpha value is -0.570. The maximum Gasteiger partial charge on any atom is 0.307 e. The van der Waals surface area contributed by atoms with Crippen molar-refractivity contribution >= 4 is 5.97 Å². The summed E-state index contributed by atoms with van der Waals surface area (Å²) in [6.45, 7) is 11.3. The molecule has 19 heavy (non-hydrogen) atoms. The lowest BCUT2D eigenvalue weighted by molar-refractivity contribution is -0.152. The molecule has 3 nitrogen and oxygen atoms in total. The molecule has 3 heteroatoms. The van der Waals surface area contributed by atoms with Gasteiger partial charge in [-0.25, -0.2) is 0 Å². The number of aliphatic carboxylic acids is 1. The van der Waals surface area contributed by atoms with Gasteiger partial charge in [-0.3, -0.25) is 4.79 Å². The largest absolute Gasteiger partial charge is 0.481 e. The molecule has 110 valence electrons. The lowest BCUT2D eigenvalue weighted by Gasteiger charge is -2.51. The van der Waals surface area contributed by atoms with Gasteiger partial charge in [0.2, 0.25) is 0 Å². The smallest absolute Gasteiger partial charge is 0.307 e. The van der Waals surface area contributed by atoms with E-state index in [9.17, 15) is 9.90 Å². The molecule has 0 amide bonds. The Kier molecular flexibility index (Phi) is 4.24. The van der Waals surface area contributed by atoms with Crippen LogP contribution in [0, 0.1) is 23.2 Å². The topological polar surface area (TPSA) is 40.5 Å². The minimum atomic E-state index is -0.609. The van der Waals surface area contributed by atoms with Gasteiger partial charge < -0.3 is 10.0 Å². The van der Waals surface area contributed by atoms with E-state index in [1.807, 2.05) is 0 Å². The summed E-state index contributed by atoms with van der Waals surface area (Å²) in [5.74, 6) is 0.524. The van der Waals surface area contributed by atoms with Gasteiger partial charge in [-0.1, -0.05) is 27.7 Å². The molecule has 0 aromatic rings. The molecule has 0 radical (unpaired) electrons. The lowest BCUT2D eigenvalue weighted by Crippen LogP contribution is -2.54. The molecule has 0 aromatic heterocycles. The van der Waals surface area contributed by atoms with E-state index in [1.54, 1.807) is 0 Å². The van der Waals surface area contributed by atoms with E-state index >= 15 is 0 Å². The van der Waals surface area contributed by atoms with Crippen molar-refractivity contribution in [3.8, 4) is 0 Å². The molecule has 1 saturated heterocycles. The van der Waals surface area contributed by atoms with Gasteiger partial charge in [-0.2, -0.15) is 0 Å². The third-order valence-corrected chi connectivity index (χ3v) is 5.99. The molecule has 2 aliphatic rings. The van der Waals surface area contributed by atoms with E-state index in [1.165, 1.54) is 25.9 Å². The first-order valence-electron chi connectivity index (χ1n) is 7.81. The molecule has 2 rings (SSSR count). The van der Waals surface area contributed by atoms with Crippen LogP contribution in [-0.2, 0) is 4.79 Å². The third-order valence-electron chi connectivity index (χ3n) is 5.99. The zero-order valence-electron chi connectivity index (χ0n) is 12.9. The maximum absolute atomic E-state index is 11.4. The number of rotatable bonds is 2. The number of carboxylic acid groups (broad SMARTS) is 1. The summed E-state index contributed by atoms with van der Waals surface area (Å²) in [5.41, 5.74) is -0.0994. The summed E-state index contributed by atoms with van der Waals surface area (Å²) in [5, 5.41) is 9.41. The van der Waals surface area contributed by atoms with E-state index < -0.39 is 5.97 Å². The van der Waals surface area contributed by atoms with Crippen LogP contribution < -0.4 is 0 Å². The lowest BCUT2D eigenvalue weighted by atomic mass is 9.60. The number of carbonyl (C=O) groups is 1. The Bertz CT molecular complexity index is 332. The van der Waals surface area contributed by atoms with Crippen LogP contribution in [0.3, 0.4) is 0 Å². The summed E-state index contributed by atoms with van der Waals surface area (Å²) >= 11 is 0. The van der Waals surface area contributed by atoms with Crippen molar-refractivity contribution in [3.05, 3.63) is 0 Å². The monoisotopic (exact) mass is 267 g/mol. The Morgan fingerprint density at radius 2 is 1.68 bits per heavy atom. The van der Waals surface area contributed by atoms with Gasteiger partial charge >= 0.3 is 5.97 Å². The number of nitrogens with zero attached hydrogens (tertiary/aromatic N) is 1. The Morgan fingerprint density at radius 3 is 2.21 bits per heavy atom. The van der Waals surface area contributed by atoms with Crippen molar-refractivity contribution in [3.63, 3.8) is 0 Å². The highest BCUT2D eigenvalue weighted by Gasteiger charge is 2.47. The minimum Gasteiger partial charge on any atom is -0.481 e. The van der Waals surface area contributed by atoms with Crippen LogP contribution in [0.2, 0.25) is 0 Å². The second-order valence-corrected chi connectivity index (χ2v) is 7.36. The summed E-state index contributed by atoms with van der Waals surface area (Å²) in [6, 6.07) is 0.582. The van der Waals surface area contributed by atoms with Crippen LogP contribution in [0.4, 0.5) is 0 Å². The Balaban J connectivity index is 2.07. The molecule has 1 saturated carbocycles. The Labute approximate surface area is 117 Å². The zero-order valence-corrected chi connectivity index (χ0v) is 12.9. The second-order valence-electron chi connectivity index (χ2n) is 7.36. The van der Waals surface area contributed by atoms with E-state index in [-0.39, 0.29) is 11.3 Å². The molecule has 3 atom stereocenters. The quantitative estimate of drug-likeness (QED) is 0.835. The first kappa shape index (κ1) is 14.8. The van der Waals surface area contributed by atoms with Gasteiger partial charge in [0.1, 0.15) is 0 Å². The third kappa shape index (κ3) is 2.81. The van der Waals surface area contributed by atoms with Crippen LogP contribution in [0.5, 0.6) is 0 Å². The van der Waals surface area contributed by atoms with Crippen LogP contribution in [0.25, 0.3) is 0 Å². The van der Waals surface area contributed by atoms with Gasteiger partial charge in [0.25, 0.3) is 0 Å². The van der Waals surface area contributed by atoms with Crippen molar-refractivity contribution in [1.29, 1.82) is 0 Å². The Morgan fingerprint density at radius 1 is 1.11 bits per heavy atom. The molecule has 0 aromatic carbocycles. The number of hydrogen-bond acceptors (Lipinski definition) is 2. The van der Waals surface area contributed by atoms with Crippen LogP contribution in [0.15, 0.2) is 0 Å². The minimum absolute atomic E-state index is 0.0994. The average molecular weight is 267 g/mol. The summed E-state index contributed by atoms with van der Waals surface area (Å²) in [6.07, 6.45) is 4.48. The summed E-state index contributed by atoms with van der Waals surface area (Å²) in [4.78, 5) is 14.1. The molecule has 1 heterocycles. The summed E-state index contributed by atoms with van der Waals surface area (Å²) < 4.78 is 0. The first-order valence-corrected chi connectivity index (χ1v) is 7.81. The van der Waals surface area contributed by atoms with Crippen LogP contribution in [-0.4, -0.2) is 35.1 Å². The van der Waals surface area contributed by atoms with Gasteiger partial charge in [-0.05, 0) is 56.0 Å². The highest BCUT2D eigenvalue weighted by atomic mass is 16.4. The standard InChI is InChI=1S/C16H29NO2/c1-11-7-9-17(10-8-11)14-6-5-13(15(18)19)16(3,4)12(14)2/h11-14H,5-10H2,1-4H3,(H,18,19). The fourth-order valence-electron chi connectivity index (χ4n) is 4.07. The van der Waals surface area contributed by atoms with Crippen LogP contribution in [0.1, 0.15) is 53.4 Å². The van der Waals surface area contributed by atoms with Gasteiger partial charge in [0, 0.05) is 6.04 Å². The molecule has 1 aliphatic heterocycles. The van der Waals surface area contributed by atoms with E-state index in [2.05, 4.69) is 32.6 Å². The summed E-state index contributed by atoms with van der Waals surface area (Å²) in [7, 11) is 0. The molecule has 1 N–H and O–H groups in total. The fraction of sp³-hybridized carbons (Fsp3) is 0.938. The molecule has 0 spiro atoms.